The molecule has 0 saturated carbocycles. The van der Waals surface area contributed by atoms with Gasteiger partial charge < -0.3 is 5.11 Å². The van der Waals surface area contributed by atoms with Crippen LogP contribution in [0.25, 0.3) is 0 Å². The fourth-order valence-corrected chi connectivity index (χ4v) is 1.90. The van der Waals surface area contributed by atoms with E-state index in [4.69, 9.17) is 5.11 Å². The Morgan fingerprint density at radius 1 is 1.57 bits per heavy atom. The van der Waals surface area contributed by atoms with Crippen LogP contribution < -0.4 is 0 Å². The summed E-state index contributed by atoms with van der Waals surface area (Å²) in [7, 11) is 2.05. The van der Waals surface area contributed by atoms with Crippen molar-refractivity contribution in [3.8, 4) is 0 Å². The van der Waals surface area contributed by atoms with Gasteiger partial charge in [-0.15, -0.1) is 0 Å². The first-order valence-electron chi connectivity index (χ1n) is 4.66. The van der Waals surface area contributed by atoms with Gasteiger partial charge in [0.15, 0.2) is 0 Å². The van der Waals surface area contributed by atoms with Gasteiger partial charge in [0.2, 0.25) is 0 Å². The van der Waals surface area contributed by atoms with Crippen LogP contribution in [0.4, 0.5) is 0 Å². The van der Waals surface area contributed by atoms with Crippen LogP contribution in [0.5, 0.6) is 0 Å². The topological polar surface area (TPSA) is 40.5 Å². The van der Waals surface area contributed by atoms with Gasteiger partial charge in [0, 0.05) is 12.6 Å². The van der Waals surface area contributed by atoms with Gasteiger partial charge in [-0.2, -0.15) is 0 Å². The Hall–Kier alpha value is -1.35. The molecule has 1 heterocycles. The van der Waals surface area contributed by atoms with E-state index in [0.717, 1.165) is 12.1 Å². The van der Waals surface area contributed by atoms with E-state index in [1.807, 2.05) is 13.1 Å². The van der Waals surface area contributed by atoms with E-state index in [2.05, 4.69) is 11.8 Å². The van der Waals surface area contributed by atoms with E-state index in [1.165, 1.54) is 5.56 Å². The molecule has 1 aliphatic rings. The summed E-state index contributed by atoms with van der Waals surface area (Å²) < 4.78 is 0. The molecule has 0 spiro atoms. The van der Waals surface area contributed by atoms with Crippen LogP contribution in [0.15, 0.2) is 18.2 Å². The summed E-state index contributed by atoms with van der Waals surface area (Å²) in [6.45, 7) is 3.01. The predicted molar refractivity (Wildman–Crippen MR) is 53.3 cm³/mol. The first-order chi connectivity index (χ1) is 6.59. The summed E-state index contributed by atoms with van der Waals surface area (Å²) in [6.07, 6.45) is 0. The van der Waals surface area contributed by atoms with Gasteiger partial charge in [0.05, 0.1) is 5.56 Å². The normalized spacial score (nSPS) is 20.9. The predicted octanol–water partition coefficient (Wildman–Crippen LogP) is 1.89. The molecule has 1 N–H and O–H groups in total. The smallest absolute Gasteiger partial charge is 0.335 e. The summed E-state index contributed by atoms with van der Waals surface area (Å²) in [5.74, 6) is -0.852. The van der Waals surface area contributed by atoms with Crippen molar-refractivity contribution in [2.24, 2.45) is 0 Å². The quantitative estimate of drug-likeness (QED) is 0.737. The molecule has 0 bridgehead atoms. The minimum Gasteiger partial charge on any atom is -0.478 e. The molecule has 0 aromatic heterocycles. The number of benzene rings is 1. The van der Waals surface area contributed by atoms with Gasteiger partial charge in [0.25, 0.3) is 0 Å². The molecule has 0 amide bonds. The van der Waals surface area contributed by atoms with Crippen LogP contribution in [0.2, 0.25) is 0 Å². The Kier molecular flexibility index (Phi) is 2.04. The molecule has 3 nitrogen and oxygen atoms in total. The minimum atomic E-state index is -0.852. The molecular weight excluding hydrogens is 178 g/mol. The van der Waals surface area contributed by atoms with Gasteiger partial charge in [-0.05, 0) is 37.2 Å². The molecule has 1 aliphatic heterocycles. The maximum absolute atomic E-state index is 10.8. The molecule has 0 saturated heterocycles. The first-order valence-corrected chi connectivity index (χ1v) is 4.66. The summed E-state index contributed by atoms with van der Waals surface area (Å²) in [5, 5.41) is 8.85. The van der Waals surface area contributed by atoms with E-state index in [0.29, 0.717) is 11.6 Å². The number of rotatable bonds is 1. The fraction of sp³-hybridized carbons (Fsp3) is 0.364. The van der Waals surface area contributed by atoms with E-state index < -0.39 is 5.97 Å². The molecule has 74 valence electrons. The van der Waals surface area contributed by atoms with E-state index in [-0.39, 0.29) is 0 Å². The van der Waals surface area contributed by atoms with Crippen LogP contribution in [-0.2, 0) is 6.54 Å². The Bertz CT molecular complexity index is 387. The molecule has 14 heavy (non-hydrogen) atoms. The van der Waals surface area contributed by atoms with Crippen molar-refractivity contribution < 1.29 is 9.90 Å². The Balaban J connectivity index is 2.46. The number of fused-ring (bicyclic) bond motifs is 1. The summed E-state index contributed by atoms with van der Waals surface area (Å²) in [5.41, 5.74) is 2.77. The second-order valence-electron chi connectivity index (χ2n) is 3.81. The number of hydrogen-bond acceptors (Lipinski definition) is 2. The average Bonchev–Trinajstić information content (AvgIpc) is 2.43. The van der Waals surface area contributed by atoms with Gasteiger partial charge in [-0.25, -0.2) is 4.79 Å². The SMILES string of the molecule is CC1c2cc(C(=O)O)ccc2CN1C. The lowest BCUT2D eigenvalue weighted by Crippen LogP contribution is -2.13. The molecule has 0 aliphatic carbocycles. The monoisotopic (exact) mass is 191 g/mol. The highest BCUT2D eigenvalue weighted by molar-refractivity contribution is 5.88. The average molecular weight is 191 g/mol. The summed E-state index contributed by atoms with van der Waals surface area (Å²) >= 11 is 0. The zero-order valence-corrected chi connectivity index (χ0v) is 8.32. The molecule has 1 unspecified atom stereocenters. The summed E-state index contributed by atoms with van der Waals surface area (Å²) in [4.78, 5) is 13.0. The van der Waals surface area contributed by atoms with E-state index in [1.54, 1.807) is 12.1 Å². The molecule has 0 radical (unpaired) electrons. The Morgan fingerprint density at radius 3 is 2.93 bits per heavy atom. The van der Waals surface area contributed by atoms with Crippen molar-refractivity contribution in [3.63, 3.8) is 0 Å². The number of carbonyl (C=O) groups is 1. The highest BCUT2D eigenvalue weighted by Crippen LogP contribution is 2.32. The lowest BCUT2D eigenvalue weighted by Gasteiger charge is -2.14. The second-order valence-corrected chi connectivity index (χ2v) is 3.81. The van der Waals surface area contributed by atoms with Crippen LogP contribution in [0.1, 0.15) is 34.5 Å². The standard InChI is InChI=1S/C11H13NO2/c1-7-10-5-8(11(13)14)3-4-9(10)6-12(7)2/h3-5,7H,6H2,1-2H3,(H,13,14). The van der Waals surface area contributed by atoms with Crippen molar-refractivity contribution in [2.45, 2.75) is 19.5 Å². The highest BCUT2D eigenvalue weighted by atomic mass is 16.4. The molecule has 0 fully saturated rings. The van der Waals surface area contributed by atoms with Gasteiger partial charge in [-0.3, -0.25) is 4.90 Å². The largest absolute Gasteiger partial charge is 0.478 e. The van der Waals surface area contributed by atoms with Crippen molar-refractivity contribution in [1.82, 2.24) is 4.90 Å². The molecule has 1 aromatic rings. The first kappa shape index (κ1) is 9.21. The van der Waals surface area contributed by atoms with Crippen molar-refractivity contribution in [2.75, 3.05) is 7.05 Å². The van der Waals surface area contributed by atoms with Gasteiger partial charge >= 0.3 is 5.97 Å². The third-order valence-corrected chi connectivity index (χ3v) is 2.92. The third kappa shape index (κ3) is 1.30. The lowest BCUT2D eigenvalue weighted by atomic mass is 10.0. The highest BCUT2D eigenvalue weighted by Gasteiger charge is 2.24. The van der Waals surface area contributed by atoms with Crippen molar-refractivity contribution in [1.29, 1.82) is 0 Å². The number of hydrogen-bond donors (Lipinski definition) is 1. The number of carboxylic acid groups (broad SMARTS) is 1. The second kappa shape index (κ2) is 3.10. The maximum atomic E-state index is 10.8. The van der Waals surface area contributed by atoms with Gasteiger partial charge in [-0.1, -0.05) is 6.07 Å². The molecule has 1 atom stereocenters. The van der Waals surface area contributed by atoms with Crippen molar-refractivity contribution in [3.05, 3.63) is 34.9 Å². The zero-order chi connectivity index (χ0) is 10.3. The Morgan fingerprint density at radius 2 is 2.29 bits per heavy atom. The van der Waals surface area contributed by atoms with Crippen LogP contribution in [0, 0.1) is 0 Å². The Labute approximate surface area is 83.0 Å². The lowest BCUT2D eigenvalue weighted by molar-refractivity contribution is 0.0696. The molecule has 2 rings (SSSR count). The van der Waals surface area contributed by atoms with E-state index >= 15 is 0 Å². The third-order valence-electron chi connectivity index (χ3n) is 2.92. The number of aromatic carboxylic acids is 1. The maximum Gasteiger partial charge on any atom is 0.335 e. The van der Waals surface area contributed by atoms with Crippen LogP contribution in [-0.4, -0.2) is 23.0 Å². The minimum absolute atomic E-state index is 0.323. The number of carboxylic acids is 1. The van der Waals surface area contributed by atoms with Crippen molar-refractivity contribution >= 4 is 5.97 Å². The van der Waals surface area contributed by atoms with Crippen LogP contribution in [0.3, 0.4) is 0 Å². The molecular formula is C11H13NO2. The van der Waals surface area contributed by atoms with E-state index in [9.17, 15) is 4.79 Å². The fourth-order valence-electron chi connectivity index (χ4n) is 1.90. The molecule has 3 heteroatoms. The van der Waals surface area contributed by atoms with Crippen LogP contribution >= 0.6 is 0 Å². The zero-order valence-electron chi connectivity index (χ0n) is 8.32. The number of nitrogens with zero attached hydrogens (tertiary/aromatic N) is 1. The van der Waals surface area contributed by atoms with Gasteiger partial charge in [0.1, 0.15) is 0 Å². The summed E-state index contributed by atoms with van der Waals surface area (Å²) in [6, 6.07) is 5.70. The molecule has 1 aromatic carbocycles.